The minimum atomic E-state index is -0.810. The van der Waals surface area contributed by atoms with Gasteiger partial charge in [0.1, 0.15) is 5.82 Å². The standard InChI is InChI=1S/C14H20N2O2/c1-9-7-11(10-5-4-6-10)16-13(15-9)14(2,3)8-12(17)18/h7,10H,4-6,8H2,1-3H3,(H,17,18). The normalized spacial score (nSPS) is 16.4. The molecule has 0 amide bonds. The highest BCUT2D eigenvalue weighted by Crippen LogP contribution is 2.36. The largest absolute Gasteiger partial charge is 0.481 e. The van der Waals surface area contributed by atoms with Gasteiger partial charge in [0.15, 0.2) is 0 Å². The van der Waals surface area contributed by atoms with Crippen molar-refractivity contribution in [3.63, 3.8) is 0 Å². The Labute approximate surface area is 107 Å². The molecule has 4 heteroatoms. The Morgan fingerprint density at radius 3 is 2.61 bits per heavy atom. The van der Waals surface area contributed by atoms with Gasteiger partial charge in [-0.2, -0.15) is 0 Å². The van der Waals surface area contributed by atoms with Gasteiger partial charge in [0.05, 0.1) is 6.42 Å². The molecule has 0 atom stereocenters. The highest BCUT2D eigenvalue weighted by molar-refractivity contribution is 5.68. The summed E-state index contributed by atoms with van der Waals surface area (Å²) in [6.07, 6.45) is 3.70. The summed E-state index contributed by atoms with van der Waals surface area (Å²) in [7, 11) is 0. The lowest BCUT2D eigenvalue weighted by molar-refractivity contribution is -0.138. The van der Waals surface area contributed by atoms with Crippen LogP contribution < -0.4 is 0 Å². The molecule has 0 saturated heterocycles. The Morgan fingerprint density at radius 1 is 1.44 bits per heavy atom. The van der Waals surface area contributed by atoms with Crippen molar-refractivity contribution in [1.82, 2.24) is 9.97 Å². The highest BCUT2D eigenvalue weighted by Gasteiger charge is 2.29. The molecule has 0 unspecified atom stereocenters. The van der Waals surface area contributed by atoms with Gasteiger partial charge in [-0.1, -0.05) is 20.3 Å². The number of aromatic nitrogens is 2. The second-order valence-corrected chi connectivity index (χ2v) is 5.84. The molecule has 1 aromatic rings. The zero-order valence-corrected chi connectivity index (χ0v) is 11.2. The number of aryl methyl sites for hydroxylation is 1. The third kappa shape index (κ3) is 2.68. The minimum Gasteiger partial charge on any atom is -0.481 e. The zero-order chi connectivity index (χ0) is 13.3. The first-order valence-corrected chi connectivity index (χ1v) is 6.46. The maximum absolute atomic E-state index is 10.9. The van der Waals surface area contributed by atoms with Crippen molar-refractivity contribution in [3.05, 3.63) is 23.3 Å². The van der Waals surface area contributed by atoms with Crippen LogP contribution in [0.25, 0.3) is 0 Å². The zero-order valence-electron chi connectivity index (χ0n) is 11.2. The second-order valence-electron chi connectivity index (χ2n) is 5.84. The fourth-order valence-electron chi connectivity index (χ4n) is 2.27. The van der Waals surface area contributed by atoms with Gasteiger partial charge in [0.2, 0.25) is 0 Å². The molecule has 1 heterocycles. The monoisotopic (exact) mass is 248 g/mol. The van der Waals surface area contributed by atoms with Gasteiger partial charge < -0.3 is 5.11 Å². The van der Waals surface area contributed by atoms with Gasteiger partial charge in [-0.25, -0.2) is 9.97 Å². The molecule has 1 aromatic heterocycles. The van der Waals surface area contributed by atoms with Crippen molar-refractivity contribution in [2.24, 2.45) is 0 Å². The van der Waals surface area contributed by atoms with Crippen molar-refractivity contribution < 1.29 is 9.90 Å². The van der Waals surface area contributed by atoms with Gasteiger partial charge in [0, 0.05) is 22.7 Å². The fourth-order valence-corrected chi connectivity index (χ4v) is 2.27. The first-order chi connectivity index (χ1) is 8.38. The molecule has 98 valence electrons. The van der Waals surface area contributed by atoms with Crippen LogP contribution in [-0.4, -0.2) is 21.0 Å². The van der Waals surface area contributed by atoms with Crippen molar-refractivity contribution in [3.8, 4) is 0 Å². The number of carboxylic acids is 1. The van der Waals surface area contributed by atoms with E-state index in [1.807, 2.05) is 26.8 Å². The van der Waals surface area contributed by atoms with Crippen LogP contribution >= 0.6 is 0 Å². The first-order valence-electron chi connectivity index (χ1n) is 6.46. The fraction of sp³-hybridized carbons (Fsp3) is 0.643. The Morgan fingerprint density at radius 2 is 2.11 bits per heavy atom. The van der Waals surface area contributed by atoms with Crippen LogP contribution in [0.15, 0.2) is 6.07 Å². The summed E-state index contributed by atoms with van der Waals surface area (Å²) in [5.41, 5.74) is 1.50. The number of hydrogen-bond acceptors (Lipinski definition) is 3. The minimum absolute atomic E-state index is 0.0561. The maximum Gasteiger partial charge on any atom is 0.304 e. The molecule has 4 nitrogen and oxygen atoms in total. The quantitative estimate of drug-likeness (QED) is 0.890. The number of hydrogen-bond donors (Lipinski definition) is 1. The molecule has 0 aromatic carbocycles. The van der Waals surface area contributed by atoms with Crippen LogP contribution in [0.2, 0.25) is 0 Å². The van der Waals surface area contributed by atoms with Crippen molar-refractivity contribution in [1.29, 1.82) is 0 Å². The summed E-state index contributed by atoms with van der Waals surface area (Å²) in [4.78, 5) is 19.9. The summed E-state index contributed by atoms with van der Waals surface area (Å²) in [6, 6.07) is 2.03. The Hall–Kier alpha value is -1.45. The third-order valence-electron chi connectivity index (χ3n) is 3.60. The molecule has 1 saturated carbocycles. The molecular weight excluding hydrogens is 228 g/mol. The van der Waals surface area contributed by atoms with E-state index in [2.05, 4.69) is 9.97 Å². The average Bonchev–Trinajstić information content (AvgIpc) is 2.11. The van der Waals surface area contributed by atoms with E-state index in [9.17, 15) is 4.79 Å². The molecule has 1 aliphatic carbocycles. The van der Waals surface area contributed by atoms with Crippen LogP contribution in [0.3, 0.4) is 0 Å². The van der Waals surface area contributed by atoms with Crippen LogP contribution in [0.1, 0.15) is 62.7 Å². The van der Waals surface area contributed by atoms with Crippen molar-refractivity contribution >= 4 is 5.97 Å². The van der Waals surface area contributed by atoms with E-state index in [-0.39, 0.29) is 6.42 Å². The summed E-state index contributed by atoms with van der Waals surface area (Å²) in [6.45, 7) is 5.73. The average molecular weight is 248 g/mol. The number of carbonyl (C=O) groups is 1. The second kappa shape index (κ2) is 4.67. The van der Waals surface area contributed by atoms with E-state index in [4.69, 9.17) is 5.11 Å². The maximum atomic E-state index is 10.9. The van der Waals surface area contributed by atoms with Crippen molar-refractivity contribution in [2.75, 3.05) is 0 Å². The SMILES string of the molecule is Cc1cc(C2CCC2)nc(C(C)(C)CC(=O)O)n1. The molecule has 1 fully saturated rings. The summed E-state index contributed by atoms with van der Waals surface area (Å²) >= 11 is 0. The lowest BCUT2D eigenvalue weighted by Crippen LogP contribution is -2.26. The third-order valence-corrected chi connectivity index (χ3v) is 3.60. The number of carboxylic acid groups (broad SMARTS) is 1. The van der Waals surface area contributed by atoms with Crippen molar-refractivity contribution in [2.45, 2.75) is 57.8 Å². The molecule has 1 aliphatic rings. The van der Waals surface area contributed by atoms with E-state index in [1.54, 1.807) is 0 Å². The Balaban J connectivity index is 2.31. The molecule has 1 N–H and O–H groups in total. The molecule has 0 spiro atoms. The van der Waals surface area contributed by atoms with E-state index in [1.165, 1.54) is 19.3 Å². The van der Waals surface area contributed by atoms with E-state index < -0.39 is 11.4 Å². The molecule has 18 heavy (non-hydrogen) atoms. The van der Waals surface area contributed by atoms with E-state index in [0.717, 1.165) is 11.4 Å². The van der Waals surface area contributed by atoms with E-state index in [0.29, 0.717) is 11.7 Å². The van der Waals surface area contributed by atoms with E-state index >= 15 is 0 Å². The van der Waals surface area contributed by atoms with Gasteiger partial charge in [-0.3, -0.25) is 4.79 Å². The topological polar surface area (TPSA) is 63.1 Å². The lowest BCUT2D eigenvalue weighted by atomic mass is 9.82. The van der Waals surface area contributed by atoms with Gasteiger partial charge >= 0.3 is 5.97 Å². The first kappa shape index (κ1) is 13.0. The van der Waals surface area contributed by atoms with Gasteiger partial charge in [0.25, 0.3) is 0 Å². The van der Waals surface area contributed by atoms with Gasteiger partial charge in [-0.05, 0) is 25.8 Å². The Bertz CT molecular complexity index is 465. The molecule has 0 radical (unpaired) electrons. The molecule has 2 rings (SSSR count). The summed E-state index contributed by atoms with van der Waals surface area (Å²) in [5.74, 6) is 0.396. The lowest BCUT2D eigenvalue weighted by Gasteiger charge is -2.27. The van der Waals surface area contributed by atoms with Crippen LogP contribution in [0.4, 0.5) is 0 Å². The highest BCUT2D eigenvalue weighted by atomic mass is 16.4. The molecular formula is C14H20N2O2. The molecule has 0 bridgehead atoms. The van der Waals surface area contributed by atoms with Crippen LogP contribution in [0, 0.1) is 6.92 Å². The smallest absolute Gasteiger partial charge is 0.304 e. The number of aliphatic carboxylic acids is 1. The number of nitrogens with zero attached hydrogens (tertiary/aromatic N) is 2. The Kier molecular flexibility index (Phi) is 3.37. The molecule has 0 aliphatic heterocycles. The number of rotatable bonds is 4. The predicted octanol–water partition coefficient (Wildman–Crippen LogP) is 2.80. The van der Waals surface area contributed by atoms with Gasteiger partial charge in [-0.15, -0.1) is 0 Å². The van der Waals surface area contributed by atoms with Crippen LogP contribution in [0.5, 0.6) is 0 Å². The van der Waals surface area contributed by atoms with Crippen LogP contribution in [-0.2, 0) is 10.2 Å². The predicted molar refractivity (Wildman–Crippen MR) is 68.6 cm³/mol. The summed E-state index contributed by atoms with van der Waals surface area (Å²) < 4.78 is 0. The summed E-state index contributed by atoms with van der Waals surface area (Å²) in [5, 5.41) is 8.96.